The summed E-state index contributed by atoms with van der Waals surface area (Å²) in [5.74, 6) is -1.04. The van der Waals surface area contributed by atoms with Crippen LogP contribution in [-0.4, -0.2) is 66.4 Å². The van der Waals surface area contributed by atoms with Crippen LogP contribution in [0.25, 0.3) is 0 Å². The van der Waals surface area contributed by atoms with Gasteiger partial charge in [0, 0.05) is 17.5 Å². The van der Waals surface area contributed by atoms with E-state index in [1.54, 1.807) is 23.1 Å². The Labute approximate surface area is 146 Å². The number of hydrogen-bond acceptors (Lipinski definition) is 6. The lowest BCUT2D eigenvalue weighted by atomic mass is 10.1. The molecule has 0 aliphatic carbocycles. The SMILES string of the molecule is Cc1cc(NC2=CC(=O)N(CCO)C2=O)ccc1NC(=O)CN(C)C. The molecule has 134 valence electrons. The van der Waals surface area contributed by atoms with E-state index in [0.717, 1.165) is 10.5 Å². The molecule has 0 atom stereocenters. The van der Waals surface area contributed by atoms with Crippen LogP contribution in [0.15, 0.2) is 30.0 Å². The summed E-state index contributed by atoms with van der Waals surface area (Å²) < 4.78 is 0. The summed E-state index contributed by atoms with van der Waals surface area (Å²) in [7, 11) is 3.63. The molecular weight excluding hydrogens is 324 g/mol. The highest BCUT2D eigenvalue weighted by molar-refractivity contribution is 6.17. The number of benzene rings is 1. The Balaban J connectivity index is 2.06. The van der Waals surface area contributed by atoms with Gasteiger partial charge in [-0.25, -0.2) is 0 Å². The lowest BCUT2D eigenvalue weighted by Crippen LogP contribution is -2.34. The third kappa shape index (κ3) is 4.65. The third-order valence-electron chi connectivity index (χ3n) is 3.57. The average molecular weight is 346 g/mol. The summed E-state index contributed by atoms with van der Waals surface area (Å²) in [6.07, 6.45) is 1.21. The summed E-state index contributed by atoms with van der Waals surface area (Å²) in [4.78, 5) is 38.4. The number of likely N-dealkylation sites (N-methyl/N-ethyl adjacent to an activating group) is 1. The molecule has 0 radical (unpaired) electrons. The van der Waals surface area contributed by atoms with Crippen molar-refractivity contribution in [1.29, 1.82) is 0 Å². The molecule has 0 unspecified atom stereocenters. The van der Waals surface area contributed by atoms with Crippen LogP contribution >= 0.6 is 0 Å². The highest BCUT2D eigenvalue weighted by Gasteiger charge is 2.30. The number of imide groups is 1. The molecular formula is C17H22N4O4. The summed E-state index contributed by atoms with van der Waals surface area (Å²) in [5, 5.41) is 14.6. The predicted molar refractivity (Wildman–Crippen MR) is 93.9 cm³/mol. The van der Waals surface area contributed by atoms with Gasteiger partial charge in [0.25, 0.3) is 11.8 Å². The Bertz CT molecular complexity index is 727. The molecule has 2 rings (SSSR count). The van der Waals surface area contributed by atoms with Crippen molar-refractivity contribution >= 4 is 29.1 Å². The van der Waals surface area contributed by atoms with Gasteiger partial charge >= 0.3 is 0 Å². The van der Waals surface area contributed by atoms with Crippen LogP contribution in [-0.2, 0) is 14.4 Å². The number of nitrogens with zero attached hydrogens (tertiary/aromatic N) is 2. The van der Waals surface area contributed by atoms with Crippen molar-refractivity contribution in [3.63, 3.8) is 0 Å². The standard InChI is InChI=1S/C17H22N4O4/c1-11-8-12(4-5-13(11)19-15(23)10-20(2)3)18-14-9-16(24)21(6-7-22)17(14)25/h4-5,8-9,18,22H,6-7,10H2,1-3H3,(H,19,23). The summed E-state index contributed by atoms with van der Waals surface area (Å²) in [5.41, 5.74) is 2.28. The Morgan fingerprint density at radius 1 is 1.28 bits per heavy atom. The van der Waals surface area contributed by atoms with Crippen LogP contribution in [0.3, 0.4) is 0 Å². The Morgan fingerprint density at radius 3 is 2.60 bits per heavy atom. The van der Waals surface area contributed by atoms with E-state index in [1.807, 2.05) is 21.0 Å². The Kier molecular flexibility index (Phi) is 5.89. The van der Waals surface area contributed by atoms with Crippen LogP contribution in [0.4, 0.5) is 11.4 Å². The smallest absolute Gasteiger partial charge is 0.277 e. The quantitative estimate of drug-likeness (QED) is 0.608. The lowest BCUT2D eigenvalue weighted by molar-refractivity contribution is -0.137. The minimum atomic E-state index is -0.472. The Hall–Kier alpha value is -2.71. The first kappa shape index (κ1) is 18.6. The number of amides is 3. The second-order valence-corrected chi connectivity index (χ2v) is 6.02. The number of hydrogen-bond donors (Lipinski definition) is 3. The normalized spacial score (nSPS) is 14.1. The van der Waals surface area contributed by atoms with Crippen LogP contribution in [0, 0.1) is 6.92 Å². The highest BCUT2D eigenvalue weighted by Crippen LogP contribution is 2.22. The number of rotatable bonds is 7. The van der Waals surface area contributed by atoms with Gasteiger partial charge in [0.15, 0.2) is 0 Å². The minimum absolute atomic E-state index is 0.0325. The molecule has 0 fully saturated rings. The number of carbonyl (C=O) groups excluding carboxylic acids is 3. The van der Waals surface area contributed by atoms with E-state index in [-0.39, 0.29) is 31.3 Å². The maximum absolute atomic E-state index is 12.1. The topological polar surface area (TPSA) is 102 Å². The molecule has 0 spiro atoms. The maximum atomic E-state index is 12.1. The van der Waals surface area contributed by atoms with Crippen molar-refractivity contribution in [2.45, 2.75) is 6.92 Å². The fraction of sp³-hybridized carbons (Fsp3) is 0.353. The van der Waals surface area contributed by atoms with E-state index in [4.69, 9.17) is 5.11 Å². The van der Waals surface area contributed by atoms with Gasteiger partial charge in [0.2, 0.25) is 5.91 Å². The average Bonchev–Trinajstić information content (AvgIpc) is 2.77. The molecule has 3 amide bonds. The molecule has 3 N–H and O–H groups in total. The summed E-state index contributed by atoms with van der Waals surface area (Å²) in [6, 6.07) is 5.22. The molecule has 1 aliphatic heterocycles. The molecule has 0 saturated heterocycles. The van der Waals surface area contributed by atoms with E-state index in [9.17, 15) is 14.4 Å². The lowest BCUT2D eigenvalue weighted by Gasteiger charge is -2.15. The van der Waals surface area contributed by atoms with Crippen LogP contribution in [0.2, 0.25) is 0 Å². The van der Waals surface area contributed by atoms with Crippen molar-refractivity contribution in [2.75, 3.05) is 44.4 Å². The first-order valence-electron chi connectivity index (χ1n) is 7.82. The van der Waals surface area contributed by atoms with E-state index < -0.39 is 11.8 Å². The third-order valence-corrected chi connectivity index (χ3v) is 3.57. The highest BCUT2D eigenvalue weighted by atomic mass is 16.3. The predicted octanol–water partition coefficient (Wildman–Crippen LogP) is 0.152. The van der Waals surface area contributed by atoms with E-state index >= 15 is 0 Å². The number of anilines is 2. The van der Waals surface area contributed by atoms with Gasteiger partial charge in [-0.2, -0.15) is 0 Å². The van der Waals surface area contributed by atoms with Crippen molar-refractivity contribution < 1.29 is 19.5 Å². The first-order valence-corrected chi connectivity index (χ1v) is 7.82. The van der Waals surface area contributed by atoms with Gasteiger partial charge in [0.05, 0.1) is 19.7 Å². The molecule has 25 heavy (non-hydrogen) atoms. The molecule has 0 aromatic heterocycles. The van der Waals surface area contributed by atoms with Crippen molar-refractivity contribution in [3.8, 4) is 0 Å². The molecule has 8 heteroatoms. The Morgan fingerprint density at radius 2 is 2.00 bits per heavy atom. The van der Waals surface area contributed by atoms with Gasteiger partial charge in [0.1, 0.15) is 5.70 Å². The number of aliphatic hydroxyl groups excluding tert-OH is 1. The zero-order valence-corrected chi connectivity index (χ0v) is 14.5. The fourth-order valence-corrected chi connectivity index (χ4v) is 2.42. The van der Waals surface area contributed by atoms with E-state index in [0.29, 0.717) is 11.4 Å². The van der Waals surface area contributed by atoms with E-state index in [1.165, 1.54) is 6.08 Å². The van der Waals surface area contributed by atoms with Gasteiger partial charge in [-0.15, -0.1) is 0 Å². The second-order valence-electron chi connectivity index (χ2n) is 6.02. The number of aryl methyl sites for hydroxylation is 1. The zero-order chi connectivity index (χ0) is 18.6. The molecule has 8 nitrogen and oxygen atoms in total. The summed E-state index contributed by atoms with van der Waals surface area (Å²) in [6.45, 7) is 1.81. The second kappa shape index (κ2) is 7.91. The number of carbonyl (C=O) groups is 3. The molecule has 1 aromatic rings. The van der Waals surface area contributed by atoms with Gasteiger partial charge in [-0.3, -0.25) is 19.3 Å². The molecule has 0 bridgehead atoms. The van der Waals surface area contributed by atoms with Crippen LogP contribution in [0.5, 0.6) is 0 Å². The zero-order valence-electron chi connectivity index (χ0n) is 14.5. The van der Waals surface area contributed by atoms with Crippen LogP contribution < -0.4 is 10.6 Å². The van der Waals surface area contributed by atoms with Crippen molar-refractivity contribution in [1.82, 2.24) is 9.80 Å². The van der Waals surface area contributed by atoms with E-state index in [2.05, 4.69) is 10.6 Å². The van der Waals surface area contributed by atoms with Crippen molar-refractivity contribution in [3.05, 3.63) is 35.5 Å². The van der Waals surface area contributed by atoms with Gasteiger partial charge < -0.3 is 20.6 Å². The molecule has 0 saturated carbocycles. The van der Waals surface area contributed by atoms with Crippen molar-refractivity contribution in [2.24, 2.45) is 0 Å². The monoisotopic (exact) mass is 346 g/mol. The molecule has 1 heterocycles. The first-order chi connectivity index (χ1) is 11.8. The number of aliphatic hydroxyl groups is 1. The minimum Gasteiger partial charge on any atom is -0.395 e. The largest absolute Gasteiger partial charge is 0.395 e. The summed E-state index contributed by atoms with van der Waals surface area (Å²) >= 11 is 0. The fourth-order valence-electron chi connectivity index (χ4n) is 2.42. The van der Waals surface area contributed by atoms with Crippen LogP contribution in [0.1, 0.15) is 5.56 Å². The van der Waals surface area contributed by atoms with Gasteiger partial charge in [-0.05, 0) is 44.8 Å². The van der Waals surface area contributed by atoms with Gasteiger partial charge in [-0.1, -0.05) is 0 Å². The number of nitrogens with one attached hydrogen (secondary N) is 2. The molecule has 1 aromatic carbocycles. The number of β-amino-alcohol motifs (C(OH)–C–C–N with tert-alkyl or cyclic N) is 1. The molecule has 1 aliphatic rings. The maximum Gasteiger partial charge on any atom is 0.277 e.